The minimum atomic E-state index is -3.74. The summed E-state index contributed by atoms with van der Waals surface area (Å²) in [5.74, 6) is -1.46. The Bertz CT molecular complexity index is 488. The van der Waals surface area contributed by atoms with Crippen LogP contribution in [0.4, 0.5) is 0 Å². The van der Waals surface area contributed by atoms with Crippen LogP contribution in [0, 0.1) is 5.92 Å². The highest BCUT2D eigenvalue weighted by Crippen LogP contribution is 2.38. The van der Waals surface area contributed by atoms with Gasteiger partial charge in [-0.15, -0.1) is 0 Å². The fourth-order valence-electron chi connectivity index (χ4n) is 1.74. The molecule has 0 saturated heterocycles. The molecule has 1 fully saturated rings. The average molecular weight is 240 g/mol. The van der Waals surface area contributed by atoms with E-state index in [-0.39, 0.29) is 10.8 Å². The number of carboxylic acid groups (broad SMARTS) is 1. The number of carboxylic acids is 1. The van der Waals surface area contributed by atoms with Gasteiger partial charge in [-0.2, -0.15) is 0 Å². The Morgan fingerprint density at radius 2 is 1.81 bits per heavy atom. The van der Waals surface area contributed by atoms with Gasteiger partial charge in [-0.3, -0.25) is 4.79 Å². The molecule has 0 bridgehead atoms. The predicted octanol–water partition coefficient (Wildman–Crippen LogP) is 1.32. The molecule has 1 aromatic rings. The van der Waals surface area contributed by atoms with Gasteiger partial charge in [0.05, 0.1) is 4.90 Å². The lowest BCUT2D eigenvalue weighted by Gasteiger charge is -2.12. The summed E-state index contributed by atoms with van der Waals surface area (Å²) >= 11 is 0. The van der Waals surface area contributed by atoms with E-state index in [1.54, 1.807) is 18.2 Å². The van der Waals surface area contributed by atoms with Crippen molar-refractivity contribution < 1.29 is 18.3 Å². The number of hydrogen-bond donors (Lipinski definition) is 1. The number of benzene rings is 1. The van der Waals surface area contributed by atoms with E-state index >= 15 is 0 Å². The van der Waals surface area contributed by atoms with Crippen LogP contribution < -0.4 is 0 Å². The number of hydrogen-bond acceptors (Lipinski definition) is 3. The molecule has 1 aliphatic rings. The summed E-state index contributed by atoms with van der Waals surface area (Å²) in [7, 11) is -3.74. The standard InChI is InChI=1S/C11H12O4S/c12-11(13)10(8-6-7-8)16(14,15)9-4-2-1-3-5-9/h1-5,8,10H,6-7H2,(H,12,13). The van der Waals surface area contributed by atoms with E-state index in [0.29, 0.717) is 12.8 Å². The molecule has 16 heavy (non-hydrogen) atoms. The highest BCUT2D eigenvalue weighted by atomic mass is 32.2. The topological polar surface area (TPSA) is 71.4 Å². The molecule has 1 unspecified atom stereocenters. The molecule has 1 aliphatic carbocycles. The molecule has 0 amide bonds. The van der Waals surface area contributed by atoms with Crippen LogP contribution in [0.2, 0.25) is 0 Å². The Morgan fingerprint density at radius 1 is 1.25 bits per heavy atom. The third kappa shape index (κ3) is 1.95. The highest BCUT2D eigenvalue weighted by molar-refractivity contribution is 7.92. The first kappa shape index (κ1) is 11.1. The molecule has 2 rings (SSSR count). The smallest absolute Gasteiger partial charge is 0.322 e. The first-order valence-electron chi connectivity index (χ1n) is 5.05. The van der Waals surface area contributed by atoms with Crippen molar-refractivity contribution in [3.8, 4) is 0 Å². The molecule has 0 aromatic heterocycles. The van der Waals surface area contributed by atoms with E-state index < -0.39 is 21.1 Å². The van der Waals surface area contributed by atoms with Crippen LogP contribution in [0.1, 0.15) is 12.8 Å². The lowest BCUT2D eigenvalue weighted by molar-refractivity contribution is -0.136. The molecule has 1 atom stereocenters. The summed E-state index contributed by atoms with van der Waals surface area (Å²) in [5.41, 5.74) is 0. The molecular formula is C11H12O4S. The quantitative estimate of drug-likeness (QED) is 0.861. The summed E-state index contributed by atoms with van der Waals surface area (Å²) in [4.78, 5) is 11.1. The maximum absolute atomic E-state index is 12.1. The normalized spacial score (nSPS) is 18.0. The van der Waals surface area contributed by atoms with Gasteiger partial charge in [-0.25, -0.2) is 8.42 Å². The summed E-state index contributed by atoms with van der Waals surface area (Å²) in [6, 6.07) is 7.77. The van der Waals surface area contributed by atoms with Crippen molar-refractivity contribution in [2.75, 3.05) is 0 Å². The Labute approximate surface area is 93.8 Å². The van der Waals surface area contributed by atoms with Crippen molar-refractivity contribution in [3.05, 3.63) is 30.3 Å². The number of rotatable bonds is 4. The highest BCUT2D eigenvalue weighted by Gasteiger charge is 2.45. The van der Waals surface area contributed by atoms with E-state index in [0.717, 1.165) is 0 Å². The van der Waals surface area contributed by atoms with E-state index in [4.69, 9.17) is 5.11 Å². The van der Waals surface area contributed by atoms with Crippen LogP contribution in [-0.4, -0.2) is 24.7 Å². The average Bonchev–Trinajstić information content (AvgIpc) is 3.02. The monoisotopic (exact) mass is 240 g/mol. The summed E-state index contributed by atoms with van der Waals surface area (Å²) in [5, 5.41) is 7.72. The molecule has 0 heterocycles. The van der Waals surface area contributed by atoms with Crippen LogP contribution in [0.25, 0.3) is 0 Å². The van der Waals surface area contributed by atoms with Gasteiger partial charge in [0.15, 0.2) is 15.1 Å². The zero-order valence-electron chi connectivity index (χ0n) is 8.54. The number of aliphatic carboxylic acids is 1. The van der Waals surface area contributed by atoms with Crippen molar-refractivity contribution in [1.29, 1.82) is 0 Å². The van der Waals surface area contributed by atoms with Gasteiger partial charge in [0.25, 0.3) is 0 Å². The largest absolute Gasteiger partial charge is 0.480 e. The molecular weight excluding hydrogens is 228 g/mol. The van der Waals surface area contributed by atoms with Gasteiger partial charge >= 0.3 is 5.97 Å². The van der Waals surface area contributed by atoms with Crippen LogP contribution in [-0.2, 0) is 14.6 Å². The Hall–Kier alpha value is -1.36. The first-order chi connectivity index (χ1) is 7.53. The summed E-state index contributed by atoms with van der Waals surface area (Å²) in [6.07, 6.45) is 1.37. The fourth-order valence-corrected chi connectivity index (χ4v) is 3.62. The minimum absolute atomic E-state index is 0.0919. The molecule has 4 nitrogen and oxygen atoms in total. The lowest BCUT2D eigenvalue weighted by Crippen LogP contribution is -2.32. The van der Waals surface area contributed by atoms with E-state index in [9.17, 15) is 13.2 Å². The van der Waals surface area contributed by atoms with E-state index in [2.05, 4.69) is 0 Å². The Kier molecular flexibility index (Phi) is 2.71. The first-order valence-corrected chi connectivity index (χ1v) is 6.60. The molecule has 5 heteroatoms. The molecule has 0 aliphatic heterocycles. The Morgan fingerprint density at radius 3 is 2.25 bits per heavy atom. The van der Waals surface area contributed by atoms with Crippen LogP contribution >= 0.6 is 0 Å². The zero-order chi connectivity index (χ0) is 11.8. The van der Waals surface area contributed by atoms with Crippen molar-refractivity contribution in [2.24, 2.45) is 5.92 Å². The number of carbonyl (C=O) groups is 1. The molecule has 0 radical (unpaired) electrons. The molecule has 1 saturated carbocycles. The van der Waals surface area contributed by atoms with Crippen LogP contribution in [0.3, 0.4) is 0 Å². The zero-order valence-corrected chi connectivity index (χ0v) is 9.35. The maximum Gasteiger partial charge on any atom is 0.322 e. The van der Waals surface area contributed by atoms with Gasteiger partial charge < -0.3 is 5.11 Å². The minimum Gasteiger partial charge on any atom is -0.480 e. The van der Waals surface area contributed by atoms with Crippen molar-refractivity contribution in [1.82, 2.24) is 0 Å². The third-order valence-electron chi connectivity index (χ3n) is 2.70. The van der Waals surface area contributed by atoms with E-state index in [1.165, 1.54) is 12.1 Å². The second-order valence-corrected chi connectivity index (χ2v) is 6.02. The van der Waals surface area contributed by atoms with Gasteiger partial charge in [-0.1, -0.05) is 18.2 Å². The van der Waals surface area contributed by atoms with Gasteiger partial charge in [-0.05, 0) is 30.9 Å². The van der Waals surface area contributed by atoms with Crippen LogP contribution in [0.5, 0.6) is 0 Å². The third-order valence-corrected chi connectivity index (χ3v) is 4.88. The number of sulfone groups is 1. The second kappa shape index (κ2) is 3.90. The second-order valence-electron chi connectivity index (χ2n) is 3.95. The molecule has 0 spiro atoms. The van der Waals surface area contributed by atoms with Gasteiger partial charge in [0.1, 0.15) is 0 Å². The van der Waals surface area contributed by atoms with Gasteiger partial charge in [0.2, 0.25) is 0 Å². The van der Waals surface area contributed by atoms with Crippen molar-refractivity contribution in [3.63, 3.8) is 0 Å². The maximum atomic E-state index is 12.1. The van der Waals surface area contributed by atoms with E-state index in [1.807, 2.05) is 0 Å². The SMILES string of the molecule is O=C(O)C(C1CC1)S(=O)(=O)c1ccccc1. The molecule has 1 N–H and O–H groups in total. The predicted molar refractivity (Wildman–Crippen MR) is 57.8 cm³/mol. The summed E-state index contributed by atoms with van der Waals surface area (Å²) in [6.45, 7) is 0. The molecule has 86 valence electrons. The lowest BCUT2D eigenvalue weighted by atomic mass is 10.3. The van der Waals surface area contributed by atoms with Crippen molar-refractivity contribution >= 4 is 15.8 Å². The van der Waals surface area contributed by atoms with Crippen molar-refractivity contribution in [2.45, 2.75) is 23.0 Å². The van der Waals surface area contributed by atoms with Crippen LogP contribution in [0.15, 0.2) is 35.2 Å². The molecule has 1 aromatic carbocycles. The fraction of sp³-hybridized carbons (Fsp3) is 0.364. The van der Waals surface area contributed by atoms with Gasteiger partial charge in [0, 0.05) is 0 Å². The Balaban J connectivity index is 2.41. The summed E-state index contributed by atoms with van der Waals surface area (Å²) < 4.78 is 24.1.